The third-order valence-corrected chi connectivity index (χ3v) is 5.86. The van der Waals surface area contributed by atoms with Gasteiger partial charge in [0.25, 0.3) is 5.91 Å². The van der Waals surface area contributed by atoms with E-state index in [0.717, 1.165) is 36.3 Å². The van der Waals surface area contributed by atoms with Gasteiger partial charge in [-0.2, -0.15) is 0 Å². The van der Waals surface area contributed by atoms with Crippen LogP contribution >= 0.6 is 0 Å². The van der Waals surface area contributed by atoms with E-state index in [2.05, 4.69) is 41.8 Å². The molecule has 3 heteroatoms. The number of carbonyl (C=O) groups excluding carboxylic acids is 1. The van der Waals surface area contributed by atoms with Crippen molar-refractivity contribution in [2.75, 3.05) is 11.9 Å². The summed E-state index contributed by atoms with van der Waals surface area (Å²) < 4.78 is 0. The smallest absolute Gasteiger partial charge is 0.251 e. The van der Waals surface area contributed by atoms with Crippen LogP contribution in [0.1, 0.15) is 92.6 Å². The van der Waals surface area contributed by atoms with E-state index in [1.165, 1.54) is 68.9 Å². The summed E-state index contributed by atoms with van der Waals surface area (Å²) in [6, 6.07) is 14.4. The topological polar surface area (TPSA) is 41.1 Å². The van der Waals surface area contributed by atoms with Crippen LogP contribution in [0.3, 0.4) is 0 Å². The Bertz CT molecular complexity index is 784. The lowest BCUT2D eigenvalue weighted by atomic mass is 9.96. The number of rotatable bonds is 12. The molecule has 0 aliphatic carbocycles. The lowest BCUT2D eigenvalue weighted by molar-refractivity contribution is 0.0953. The number of amides is 1. The summed E-state index contributed by atoms with van der Waals surface area (Å²) in [4.78, 5) is 12.5. The maximum absolute atomic E-state index is 12.5. The normalized spacial score (nSPS) is 12.0. The van der Waals surface area contributed by atoms with E-state index >= 15 is 0 Å². The highest BCUT2D eigenvalue weighted by Gasteiger charge is 2.16. The molecule has 0 saturated heterocycles. The number of carbonyl (C=O) groups is 1. The number of unbranched alkanes of at least 4 members (excludes halogenated alkanes) is 9. The second-order valence-corrected chi connectivity index (χ2v) is 8.27. The summed E-state index contributed by atoms with van der Waals surface area (Å²) in [5, 5.41) is 6.55. The van der Waals surface area contributed by atoms with Gasteiger partial charge in [0.05, 0.1) is 0 Å². The van der Waals surface area contributed by atoms with E-state index in [1.807, 2.05) is 18.2 Å². The van der Waals surface area contributed by atoms with Crippen molar-refractivity contribution in [1.29, 1.82) is 0 Å². The first-order valence-corrected chi connectivity index (χ1v) is 11.5. The van der Waals surface area contributed by atoms with Gasteiger partial charge in [0.15, 0.2) is 0 Å². The van der Waals surface area contributed by atoms with E-state index in [4.69, 9.17) is 0 Å². The van der Waals surface area contributed by atoms with Gasteiger partial charge < -0.3 is 10.6 Å². The number of hydrogen-bond donors (Lipinski definition) is 2. The van der Waals surface area contributed by atoms with E-state index in [9.17, 15) is 4.79 Å². The van der Waals surface area contributed by atoms with E-state index in [0.29, 0.717) is 0 Å². The molecule has 0 spiro atoms. The number of benzene rings is 2. The molecule has 0 unspecified atom stereocenters. The summed E-state index contributed by atoms with van der Waals surface area (Å²) >= 11 is 0. The van der Waals surface area contributed by atoms with Crippen LogP contribution in [0.5, 0.6) is 0 Å². The molecule has 2 N–H and O–H groups in total. The van der Waals surface area contributed by atoms with Crippen molar-refractivity contribution in [2.24, 2.45) is 0 Å². The van der Waals surface area contributed by atoms with Crippen molar-refractivity contribution >= 4 is 17.3 Å². The van der Waals surface area contributed by atoms with Crippen molar-refractivity contribution < 1.29 is 4.79 Å². The van der Waals surface area contributed by atoms with Gasteiger partial charge in [-0.15, -0.1) is 0 Å². The number of anilines is 2. The molecular weight excluding hydrogens is 356 g/mol. The third kappa shape index (κ3) is 6.62. The van der Waals surface area contributed by atoms with Gasteiger partial charge in [-0.05, 0) is 35.7 Å². The van der Waals surface area contributed by atoms with Gasteiger partial charge in [-0.25, -0.2) is 0 Å². The number of nitrogens with one attached hydrogen (secondary N) is 2. The monoisotopic (exact) mass is 392 g/mol. The van der Waals surface area contributed by atoms with Crippen molar-refractivity contribution in [3.63, 3.8) is 0 Å². The average molecular weight is 393 g/mol. The predicted octanol–water partition coefficient (Wildman–Crippen LogP) is 6.99. The first-order valence-electron chi connectivity index (χ1n) is 11.5. The number of para-hydroxylation sites is 1. The molecule has 0 radical (unpaired) electrons. The Morgan fingerprint density at radius 1 is 0.828 bits per heavy atom. The molecule has 0 saturated carbocycles. The standard InChI is InChI=1S/C26H36N2O/c1-2-3-4-5-6-7-8-9-10-13-18-27-26(29)23-17-16-22-19-21-14-11-12-15-24(21)28-25(22)20-23/h11-12,14-17,20,28H,2-10,13,18-19H2,1H3,(H,27,29). The van der Waals surface area contributed by atoms with Gasteiger partial charge in [-0.3, -0.25) is 4.79 Å². The lowest BCUT2D eigenvalue weighted by Crippen LogP contribution is -2.24. The van der Waals surface area contributed by atoms with Crippen LogP contribution in [0, 0.1) is 0 Å². The van der Waals surface area contributed by atoms with Crippen LogP contribution < -0.4 is 10.6 Å². The zero-order valence-corrected chi connectivity index (χ0v) is 17.9. The third-order valence-electron chi connectivity index (χ3n) is 5.86. The fraction of sp³-hybridized carbons (Fsp3) is 0.500. The molecule has 29 heavy (non-hydrogen) atoms. The maximum Gasteiger partial charge on any atom is 0.251 e. The van der Waals surface area contributed by atoms with Crippen LogP contribution in [0.15, 0.2) is 42.5 Å². The maximum atomic E-state index is 12.5. The Labute approximate surface area is 176 Å². The van der Waals surface area contributed by atoms with Crippen LogP contribution in [0.4, 0.5) is 11.4 Å². The molecule has 1 amide bonds. The van der Waals surface area contributed by atoms with E-state index in [-0.39, 0.29) is 5.91 Å². The molecule has 0 fully saturated rings. The first-order chi connectivity index (χ1) is 14.3. The Morgan fingerprint density at radius 3 is 2.24 bits per heavy atom. The minimum Gasteiger partial charge on any atom is -0.355 e. The van der Waals surface area contributed by atoms with Gasteiger partial charge in [0.2, 0.25) is 0 Å². The molecule has 1 aliphatic rings. The minimum absolute atomic E-state index is 0.0318. The van der Waals surface area contributed by atoms with Crippen LogP contribution in [0.25, 0.3) is 0 Å². The SMILES string of the molecule is CCCCCCCCCCCCNC(=O)c1ccc2c(c1)Nc1ccccc1C2. The highest BCUT2D eigenvalue weighted by atomic mass is 16.1. The zero-order valence-electron chi connectivity index (χ0n) is 17.9. The molecule has 156 valence electrons. The van der Waals surface area contributed by atoms with E-state index in [1.54, 1.807) is 0 Å². The van der Waals surface area contributed by atoms with Gasteiger partial charge in [0, 0.05) is 29.9 Å². The summed E-state index contributed by atoms with van der Waals surface area (Å²) in [6.45, 7) is 3.03. The Kier molecular flexibility index (Phi) is 8.60. The molecule has 2 aromatic rings. The van der Waals surface area contributed by atoms with Crippen LogP contribution in [0.2, 0.25) is 0 Å². The Morgan fingerprint density at radius 2 is 1.48 bits per heavy atom. The predicted molar refractivity (Wildman–Crippen MR) is 123 cm³/mol. The summed E-state index contributed by atoms with van der Waals surface area (Å²) in [5.41, 5.74) is 5.48. The summed E-state index contributed by atoms with van der Waals surface area (Å²) in [7, 11) is 0. The lowest BCUT2D eigenvalue weighted by Gasteiger charge is -2.22. The molecule has 3 rings (SSSR count). The van der Waals surface area contributed by atoms with Crippen molar-refractivity contribution in [1.82, 2.24) is 5.32 Å². The quantitative estimate of drug-likeness (QED) is 0.326. The Hall–Kier alpha value is -2.29. The van der Waals surface area contributed by atoms with Crippen molar-refractivity contribution in [2.45, 2.75) is 77.6 Å². The second kappa shape index (κ2) is 11.6. The summed E-state index contributed by atoms with van der Waals surface area (Å²) in [6.07, 6.45) is 14.0. The molecule has 0 atom stereocenters. The second-order valence-electron chi connectivity index (χ2n) is 8.27. The van der Waals surface area contributed by atoms with Crippen LogP contribution in [-0.4, -0.2) is 12.5 Å². The molecule has 0 aromatic heterocycles. The molecule has 3 nitrogen and oxygen atoms in total. The first kappa shape index (κ1) is 21.4. The van der Waals surface area contributed by atoms with Gasteiger partial charge in [0.1, 0.15) is 0 Å². The zero-order chi connectivity index (χ0) is 20.3. The molecular formula is C26H36N2O. The van der Waals surface area contributed by atoms with Crippen molar-refractivity contribution in [3.05, 3.63) is 59.2 Å². The number of hydrogen-bond acceptors (Lipinski definition) is 2. The van der Waals surface area contributed by atoms with E-state index < -0.39 is 0 Å². The molecule has 0 bridgehead atoms. The summed E-state index contributed by atoms with van der Waals surface area (Å²) in [5.74, 6) is 0.0318. The largest absolute Gasteiger partial charge is 0.355 e. The van der Waals surface area contributed by atoms with Gasteiger partial charge in [-0.1, -0.05) is 89.0 Å². The highest BCUT2D eigenvalue weighted by molar-refractivity contribution is 5.95. The molecule has 1 aliphatic heterocycles. The average Bonchev–Trinajstić information content (AvgIpc) is 2.75. The van der Waals surface area contributed by atoms with Gasteiger partial charge >= 0.3 is 0 Å². The fourth-order valence-electron chi connectivity index (χ4n) is 4.05. The minimum atomic E-state index is 0.0318. The number of fused-ring (bicyclic) bond motifs is 2. The molecule has 1 heterocycles. The van der Waals surface area contributed by atoms with Crippen LogP contribution in [-0.2, 0) is 6.42 Å². The Balaban J connectivity index is 1.33. The molecule has 2 aromatic carbocycles. The van der Waals surface area contributed by atoms with Crippen molar-refractivity contribution in [3.8, 4) is 0 Å². The fourth-order valence-corrected chi connectivity index (χ4v) is 4.05. The highest BCUT2D eigenvalue weighted by Crippen LogP contribution is 2.33.